The molecule has 0 aliphatic carbocycles. The number of hydrogen-bond acceptors (Lipinski definition) is 3. The summed E-state index contributed by atoms with van der Waals surface area (Å²) in [5.74, 6) is -0.248. The fourth-order valence-corrected chi connectivity index (χ4v) is 4.15. The van der Waals surface area contributed by atoms with Crippen LogP contribution < -0.4 is 5.32 Å². The molecule has 0 saturated heterocycles. The molecule has 0 fully saturated rings. The lowest BCUT2D eigenvalue weighted by molar-refractivity contribution is -0.116. The Balaban J connectivity index is 2.35. The number of sulfone groups is 1. The molecular formula is C16H21NO3S. The summed E-state index contributed by atoms with van der Waals surface area (Å²) < 4.78 is 25.3. The van der Waals surface area contributed by atoms with Crippen molar-refractivity contribution in [3.8, 4) is 0 Å². The molecule has 114 valence electrons. The summed E-state index contributed by atoms with van der Waals surface area (Å²) >= 11 is 0. The zero-order valence-corrected chi connectivity index (χ0v) is 13.5. The highest BCUT2D eigenvalue weighted by Crippen LogP contribution is 2.28. The van der Waals surface area contributed by atoms with Crippen LogP contribution in [-0.2, 0) is 14.6 Å². The molecule has 1 aromatic carbocycles. The smallest absolute Gasteiger partial charge is 0.248 e. The molecule has 1 atom stereocenters. The lowest BCUT2D eigenvalue weighted by atomic mass is 10.1. The van der Waals surface area contributed by atoms with Crippen LogP contribution in [0.25, 0.3) is 0 Å². The van der Waals surface area contributed by atoms with Gasteiger partial charge in [-0.3, -0.25) is 4.79 Å². The summed E-state index contributed by atoms with van der Waals surface area (Å²) in [7, 11) is -3.59. The minimum absolute atomic E-state index is 0.245. The number of carbonyl (C=O) groups is 1. The van der Waals surface area contributed by atoms with Gasteiger partial charge in [0.25, 0.3) is 0 Å². The molecule has 0 saturated carbocycles. The van der Waals surface area contributed by atoms with E-state index in [-0.39, 0.29) is 10.8 Å². The average molecular weight is 307 g/mol. The second-order valence-corrected chi connectivity index (χ2v) is 7.51. The first-order valence-corrected chi connectivity index (χ1v) is 8.73. The lowest BCUT2D eigenvalue weighted by Gasteiger charge is -2.14. The van der Waals surface area contributed by atoms with Crippen LogP contribution in [0.1, 0.15) is 38.7 Å². The van der Waals surface area contributed by atoms with E-state index < -0.39 is 15.2 Å². The Hall–Kier alpha value is -1.62. The maximum atomic E-state index is 12.7. The molecule has 1 amide bonds. The number of amides is 1. The van der Waals surface area contributed by atoms with Crippen LogP contribution in [-0.4, -0.2) is 19.7 Å². The highest BCUT2D eigenvalue weighted by Gasteiger charge is 2.38. The molecule has 0 radical (unpaired) electrons. The lowest BCUT2D eigenvalue weighted by Crippen LogP contribution is -2.35. The number of hydrogen-bond donors (Lipinski definition) is 1. The number of aryl methyl sites for hydroxylation is 1. The molecule has 1 unspecified atom stereocenters. The van der Waals surface area contributed by atoms with Crippen molar-refractivity contribution in [2.45, 2.75) is 50.3 Å². The topological polar surface area (TPSA) is 63.2 Å². The molecule has 1 aliphatic rings. The second-order valence-electron chi connectivity index (χ2n) is 5.48. The highest BCUT2D eigenvalue weighted by atomic mass is 32.2. The van der Waals surface area contributed by atoms with Gasteiger partial charge in [-0.15, -0.1) is 0 Å². The van der Waals surface area contributed by atoms with Crippen molar-refractivity contribution in [1.82, 2.24) is 5.32 Å². The van der Waals surface area contributed by atoms with Gasteiger partial charge < -0.3 is 5.32 Å². The van der Waals surface area contributed by atoms with Gasteiger partial charge >= 0.3 is 0 Å². The van der Waals surface area contributed by atoms with Crippen molar-refractivity contribution < 1.29 is 13.2 Å². The average Bonchev–Trinajstić information content (AvgIpc) is 2.73. The van der Waals surface area contributed by atoms with Gasteiger partial charge in [0.2, 0.25) is 15.7 Å². The first-order chi connectivity index (χ1) is 9.87. The van der Waals surface area contributed by atoms with Crippen LogP contribution >= 0.6 is 0 Å². The van der Waals surface area contributed by atoms with Gasteiger partial charge in [-0.05, 0) is 44.4 Å². The normalized spacial score (nSPS) is 19.0. The van der Waals surface area contributed by atoms with E-state index in [0.29, 0.717) is 17.6 Å². The quantitative estimate of drug-likeness (QED) is 0.909. The molecule has 1 aliphatic heterocycles. The van der Waals surface area contributed by atoms with E-state index in [2.05, 4.69) is 5.32 Å². The third-order valence-corrected chi connectivity index (χ3v) is 5.87. The largest absolute Gasteiger partial charge is 0.332 e. The first-order valence-electron chi connectivity index (χ1n) is 7.19. The van der Waals surface area contributed by atoms with E-state index in [1.807, 2.05) is 13.8 Å². The number of benzene rings is 1. The van der Waals surface area contributed by atoms with Crippen LogP contribution in [0.15, 0.2) is 40.3 Å². The van der Waals surface area contributed by atoms with Crippen molar-refractivity contribution in [1.29, 1.82) is 0 Å². The van der Waals surface area contributed by atoms with Crippen LogP contribution in [0.5, 0.6) is 0 Å². The molecule has 2 rings (SSSR count). The standard InChI is InChI=1S/C16H21NO3S/c1-4-5-6-14-12(3)16(17-15(14)18)21(19,20)13-9-7-11(2)8-10-13/h7-10,16H,4-6H2,1-3H3,(H,17,18). The van der Waals surface area contributed by atoms with Gasteiger partial charge in [0, 0.05) is 5.57 Å². The van der Waals surface area contributed by atoms with Crippen molar-refractivity contribution in [3.05, 3.63) is 41.0 Å². The van der Waals surface area contributed by atoms with Crippen LogP contribution in [0.2, 0.25) is 0 Å². The van der Waals surface area contributed by atoms with E-state index in [1.54, 1.807) is 31.2 Å². The minimum Gasteiger partial charge on any atom is -0.332 e. The second kappa shape index (κ2) is 6.02. The predicted molar refractivity (Wildman–Crippen MR) is 82.5 cm³/mol. The maximum absolute atomic E-state index is 12.7. The molecule has 0 aromatic heterocycles. The molecule has 4 nitrogen and oxygen atoms in total. The third-order valence-electron chi connectivity index (χ3n) is 3.85. The van der Waals surface area contributed by atoms with E-state index >= 15 is 0 Å². The van der Waals surface area contributed by atoms with Gasteiger partial charge in [-0.1, -0.05) is 31.0 Å². The fraction of sp³-hybridized carbons (Fsp3) is 0.438. The highest BCUT2D eigenvalue weighted by molar-refractivity contribution is 7.92. The van der Waals surface area contributed by atoms with E-state index in [4.69, 9.17) is 0 Å². The van der Waals surface area contributed by atoms with Crippen LogP contribution in [0.4, 0.5) is 0 Å². The van der Waals surface area contributed by atoms with Crippen molar-refractivity contribution in [3.63, 3.8) is 0 Å². The summed E-state index contributed by atoms with van der Waals surface area (Å²) in [4.78, 5) is 12.2. The van der Waals surface area contributed by atoms with E-state index in [1.165, 1.54) is 0 Å². The Morgan fingerprint density at radius 1 is 1.14 bits per heavy atom. The van der Waals surface area contributed by atoms with Crippen LogP contribution in [0, 0.1) is 6.92 Å². The zero-order valence-electron chi connectivity index (χ0n) is 12.6. The Morgan fingerprint density at radius 3 is 2.33 bits per heavy atom. The Bertz CT molecular complexity index is 672. The van der Waals surface area contributed by atoms with Crippen molar-refractivity contribution >= 4 is 15.7 Å². The van der Waals surface area contributed by atoms with E-state index in [9.17, 15) is 13.2 Å². The first kappa shape index (κ1) is 15.8. The van der Waals surface area contributed by atoms with Gasteiger partial charge in [-0.25, -0.2) is 8.42 Å². The van der Waals surface area contributed by atoms with Crippen molar-refractivity contribution in [2.24, 2.45) is 0 Å². The summed E-state index contributed by atoms with van der Waals surface area (Å²) in [6.07, 6.45) is 2.49. The van der Waals surface area contributed by atoms with Crippen molar-refractivity contribution in [2.75, 3.05) is 0 Å². The Labute approximate surface area is 126 Å². The Morgan fingerprint density at radius 2 is 1.76 bits per heavy atom. The fourth-order valence-electron chi connectivity index (χ4n) is 2.49. The maximum Gasteiger partial charge on any atom is 0.248 e. The zero-order chi connectivity index (χ0) is 15.6. The summed E-state index contributed by atoms with van der Waals surface area (Å²) in [6, 6.07) is 6.71. The number of unbranched alkanes of at least 4 members (excludes halogenated alkanes) is 1. The van der Waals surface area contributed by atoms with Gasteiger partial charge in [-0.2, -0.15) is 0 Å². The van der Waals surface area contributed by atoms with E-state index in [0.717, 1.165) is 18.4 Å². The molecular weight excluding hydrogens is 286 g/mol. The Kier molecular flexibility index (Phi) is 4.52. The van der Waals surface area contributed by atoms with Gasteiger partial charge in [0.1, 0.15) is 0 Å². The monoisotopic (exact) mass is 307 g/mol. The summed E-state index contributed by atoms with van der Waals surface area (Å²) in [5, 5.41) is 1.68. The minimum atomic E-state index is -3.59. The number of nitrogens with one attached hydrogen (secondary N) is 1. The molecule has 1 N–H and O–H groups in total. The predicted octanol–water partition coefficient (Wildman–Crippen LogP) is 2.73. The molecule has 21 heavy (non-hydrogen) atoms. The molecule has 1 heterocycles. The summed E-state index contributed by atoms with van der Waals surface area (Å²) in [6.45, 7) is 5.68. The molecule has 0 spiro atoms. The van der Waals surface area contributed by atoms with Gasteiger partial charge in [0.05, 0.1) is 4.90 Å². The molecule has 1 aromatic rings. The number of rotatable bonds is 5. The summed E-state index contributed by atoms with van der Waals surface area (Å²) in [5.41, 5.74) is 2.26. The third kappa shape index (κ3) is 3.02. The van der Waals surface area contributed by atoms with Crippen LogP contribution in [0.3, 0.4) is 0 Å². The SMILES string of the molecule is CCCCC1=C(C)C(S(=O)(=O)c2ccc(C)cc2)NC1=O. The number of carbonyl (C=O) groups excluding carboxylic acids is 1. The van der Waals surface area contributed by atoms with Gasteiger partial charge in [0.15, 0.2) is 5.37 Å². The molecule has 0 bridgehead atoms. The molecule has 5 heteroatoms.